The first-order valence-corrected chi connectivity index (χ1v) is 5.27. The molecule has 0 saturated heterocycles. The first-order chi connectivity index (χ1) is 8.68. The summed E-state index contributed by atoms with van der Waals surface area (Å²) >= 11 is 0. The summed E-state index contributed by atoms with van der Waals surface area (Å²) in [7, 11) is 0. The van der Waals surface area contributed by atoms with Crippen molar-refractivity contribution in [1.82, 2.24) is 10.2 Å². The highest BCUT2D eigenvalue weighted by atomic mass is 16.4. The molecule has 1 heterocycles. The minimum Gasteiger partial charge on any atom is -0.477 e. The Morgan fingerprint density at radius 1 is 1.28 bits per heavy atom. The van der Waals surface area contributed by atoms with Gasteiger partial charge >= 0.3 is 5.97 Å². The second-order valence-electron chi connectivity index (χ2n) is 3.61. The maximum absolute atomic E-state index is 11.8. The second kappa shape index (κ2) is 5.13. The van der Waals surface area contributed by atoms with Gasteiger partial charge in [-0.2, -0.15) is 5.10 Å². The molecule has 0 saturated carbocycles. The summed E-state index contributed by atoms with van der Waals surface area (Å²) in [5.74, 6) is -0.994. The van der Waals surface area contributed by atoms with Crippen LogP contribution in [-0.4, -0.2) is 33.6 Å². The summed E-state index contributed by atoms with van der Waals surface area (Å²) in [4.78, 5) is 22.6. The van der Waals surface area contributed by atoms with Crippen molar-refractivity contribution in [3.05, 3.63) is 47.7 Å². The third kappa shape index (κ3) is 2.54. The lowest BCUT2D eigenvalue weighted by Crippen LogP contribution is -2.15. The van der Waals surface area contributed by atoms with Gasteiger partial charge in [0, 0.05) is 5.56 Å². The maximum Gasteiger partial charge on any atom is 0.341 e. The number of carbonyl (C=O) groups excluding carboxylic acids is 1. The van der Waals surface area contributed by atoms with E-state index >= 15 is 0 Å². The van der Waals surface area contributed by atoms with Gasteiger partial charge in [-0.25, -0.2) is 4.79 Å². The quantitative estimate of drug-likeness (QED) is 0.692. The van der Waals surface area contributed by atoms with E-state index in [1.165, 1.54) is 6.20 Å². The summed E-state index contributed by atoms with van der Waals surface area (Å²) < 4.78 is 0. The summed E-state index contributed by atoms with van der Waals surface area (Å²) in [6.45, 7) is 0.00644. The number of carbonyl (C=O) groups is 2. The Bertz CT molecular complexity index is 563. The lowest BCUT2D eigenvalue weighted by atomic mass is 10.1. The van der Waals surface area contributed by atoms with Crippen LogP contribution in [0.25, 0.3) is 0 Å². The summed E-state index contributed by atoms with van der Waals surface area (Å²) in [5, 5.41) is 17.7. The number of benzene rings is 1. The molecule has 0 aliphatic carbocycles. The molecule has 0 atom stereocenters. The number of Topliss-reactive ketones (excluding diaryl/α,β-unsaturated/α-hetero) is 1. The molecule has 1 aromatic heterocycles. The molecule has 92 valence electrons. The average Bonchev–Trinajstić information content (AvgIpc) is 2.85. The Kier molecular flexibility index (Phi) is 3.38. The van der Waals surface area contributed by atoms with Crippen LogP contribution in [-0.2, 0) is 0 Å². The van der Waals surface area contributed by atoms with Crippen LogP contribution in [0, 0.1) is 0 Å². The van der Waals surface area contributed by atoms with E-state index in [9.17, 15) is 9.59 Å². The van der Waals surface area contributed by atoms with E-state index < -0.39 is 5.97 Å². The van der Waals surface area contributed by atoms with Crippen LogP contribution in [0.5, 0.6) is 0 Å². The van der Waals surface area contributed by atoms with Crippen LogP contribution in [0.4, 0.5) is 5.82 Å². The molecule has 1 aromatic carbocycles. The van der Waals surface area contributed by atoms with Crippen LogP contribution < -0.4 is 5.32 Å². The van der Waals surface area contributed by atoms with Gasteiger partial charge in [0.05, 0.1) is 12.7 Å². The number of anilines is 1. The van der Waals surface area contributed by atoms with Crippen molar-refractivity contribution in [2.75, 3.05) is 11.9 Å². The van der Waals surface area contributed by atoms with E-state index in [1.807, 2.05) is 6.07 Å². The topological polar surface area (TPSA) is 95.1 Å². The van der Waals surface area contributed by atoms with Crippen LogP contribution in [0.15, 0.2) is 36.5 Å². The van der Waals surface area contributed by atoms with E-state index in [2.05, 4.69) is 15.5 Å². The standard InChI is InChI=1S/C12H11N3O3/c16-10(8-4-2-1-3-5-8)7-13-11-9(12(17)18)6-14-15-11/h1-6H,7H2,(H,17,18)(H2,13,14,15). The smallest absolute Gasteiger partial charge is 0.341 e. The Labute approximate surface area is 103 Å². The van der Waals surface area contributed by atoms with Gasteiger partial charge in [0.1, 0.15) is 11.4 Å². The number of nitrogens with zero attached hydrogens (tertiary/aromatic N) is 1. The zero-order valence-electron chi connectivity index (χ0n) is 9.38. The molecule has 0 amide bonds. The van der Waals surface area contributed by atoms with E-state index in [0.717, 1.165) is 0 Å². The van der Waals surface area contributed by atoms with Gasteiger partial charge in [-0.15, -0.1) is 0 Å². The number of aromatic carboxylic acids is 1. The summed E-state index contributed by atoms with van der Waals surface area (Å²) in [6.07, 6.45) is 1.19. The first kappa shape index (κ1) is 11.8. The van der Waals surface area contributed by atoms with Crippen LogP contribution in [0.2, 0.25) is 0 Å². The highest BCUT2D eigenvalue weighted by Crippen LogP contribution is 2.10. The highest BCUT2D eigenvalue weighted by Gasteiger charge is 2.13. The lowest BCUT2D eigenvalue weighted by Gasteiger charge is -2.04. The van der Waals surface area contributed by atoms with Gasteiger partial charge in [-0.05, 0) is 0 Å². The fourth-order valence-electron chi connectivity index (χ4n) is 1.48. The average molecular weight is 245 g/mol. The summed E-state index contributed by atoms with van der Waals surface area (Å²) in [6, 6.07) is 8.77. The van der Waals surface area contributed by atoms with E-state index in [1.54, 1.807) is 24.3 Å². The van der Waals surface area contributed by atoms with Gasteiger partial charge in [-0.3, -0.25) is 9.89 Å². The van der Waals surface area contributed by atoms with E-state index in [-0.39, 0.29) is 23.7 Å². The molecule has 2 aromatic rings. The third-order valence-corrected chi connectivity index (χ3v) is 2.39. The van der Waals surface area contributed by atoms with Gasteiger partial charge in [-0.1, -0.05) is 30.3 Å². The number of carboxylic acid groups (broad SMARTS) is 1. The molecule has 6 heteroatoms. The number of carboxylic acids is 1. The predicted octanol–water partition coefficient (Wildman–Crippen LogP) is 1.40. The highest BCUT2D eigenvalue weighted by molar-refractivity contribution is 6.00. The largest absolute Gasteiger partial charge is 0.477 e. The van der Waals surface area contributed by atoms with E-state index in [4.69, 9.17) is 5.11 Å². The SMILES string of the molecule is O=C(CNc1[nH]ncc1C(=O)O)c1ccccc1. The maximum atomic E-state index is 11.8. The van der Waals surface area contributed by atoms with Gasteiger partial charge in [0.25, 0.3) is 0 Å². The Hall–Kier alpha value is -2.63. The number of ketones is 1. The number of aromatic nitrogens is 2. The fourth-order valence-corrected chi connectivity index (χ4v) is 1.48. The van der Waals surface area contributed by atoms with Gasteiger partial charge in [0.2, 0.25) is 0 Å². The van der Waals surface area contributed by atoms with Crippen LogP contribution >= 0.6 is 0 Å². The molecule has 18 heavy (non-hydrogen) atoms. The Morgan fingerprint density at radius 2 is 2.00 bits per heavy atom. The molecule has 0 fully saturated rings. The molecule has 0 aliphatic rings. The number of nitrogens with one attached hydrogen (secondary N) is 2. The number of aromatic amines is 1. The number of hydrogen-bond acceptors (Lipinski definition) is 4. The molecule has 0 radical (unpaired) electrons. The van der Waals surface area contributed by atoms with Crippen molar-refractivity contribution in [3.63, 3.8) is 0 Å². The van der Waals surface area contributed by atoms with Gasteiger partial charge < -0.3 is 10.4 Å². The zero-order valence-corrected chi connectivity index (χ0v) is 9.38. The van der Waals surface area contributed by atoms with Gasteiger partial charge in [0.15, 0.2) is 5.78 Å². The molecule has 2 rings (SSSR count). The zero-order chi connectivity index (χ0) is 13.0. The Morgan fingerprint density at radius 3 is 2.67 bits per heavy atom. The van der Waals surface area contributed by atoms with Crippen molar-refractivity contribution in [1.29, 1.82) is 0 Å². The van der Waals surface area contributed by atoms with E-state index in [0.29, 0.717) is 5.56 Å². The normalized spacial score (nSPS) is 10.0. The number of H-pyrrole nitrogens is 1. The number of rotatable bonds is 5. The lowest BCUT2D eigenvalue weighted by molar-refractivity contribution is 0.0697. The molecular formula is C12H11N3O3. The number of hydrogen-bond donors (Lipinski definition) is 3. The van der Waals surface area contributed by atoms with Crippen molar-refractivity contribution in [2.24, 2.45) is 0 Å². The molecule has 3 N–H and O–H groups in total. The molecule has 0 spiro atoms. The Balaban J connectivity index is 2.02. The third-order valence-electron chi connectivity index (χ3n) is 2.39. The molecule has 0 bridgehead atoms. The minimum atomic E-state index is -1.10. The molecule has 0 unspecified atom stereocenters. The van der Waals surface area contributed by atoms with Crippen molar-refractivity contribution in [3.8, 4) is 0 Å². The van der Waals surface area contributed by atoms with Crippen molar-refractivity contribution < 1.29 is 14.7 Å². The monoisotopic (exact) mass is 245 g/mol. The molecule has 0 aliphatic heterocycles. The first-order valence-electron chi connectivity index (χ1n) is 5.27. The molecule has 6 nitrogen and oxygen atoms in total. The van der Waals surface area contributed by atoms with Crippen molar-refractivity contribution >= 4 is 17.6 Å². The molecular weight excluding hydrogens is 234 g/mol. The second-order valence-corrected chi connectivity index (χ2v) is 3.61. The van der Waals surface area contributed by atoms with Crippen molar-refractivity contribution in [2.45, 2.75) is 0 Å². The van der Waals surface area contributed by atoms with Crippen LogP contribution in [0.3, 0.4) is 0 Å². The predicted molar refractivity (Wildman–Crippen MR) is 64.8 cm³/mol. The van der Waals surface area contributed by atoms with Crippen LogP contribution in [0.1, 0.15) is 20.7 Å². The minimum absolute atomic E-state index is 0.00644. The summed E-state index contributed by atoms with van der Waals surface area (Å²) in [5.41, 5.74) is 0.581. The fraction of sp³-hybridized carbons (Fsp3) is 0.0833.